The molecule has 2 rings (SSSR count). The van der Waals surface area contributed by atoms with Crippen molar-refractivity contribution in [2.75, 3.05) is 0 Å². The highest BCUT2D eigenvalue weighted by Gasteiger charge is 2.35. The highest BCUT2D eigenvalue weighted by Crippen LogP contribution is 2.41. The summed E-state index contributed by atoms with van der Waals surface area (Å²) in [6, 6.07) is 0. The van der Waals surface area contributed by atoms with Gasteiger partial charge in [0.25, 0.3) is 0 Å². The zero-order chi connectivity index (χ0) is 31.5. The Bertz CT molecular complexity index is 1380. The Balaban J connectivity index is 1.92. The number of hydrogen-bond acceptors (Lipinski definition) is 2. The van der Waals surface area contributed by atoms with Crippen molar-refractivity contribution in [2.24, 2.45) is 10.8 Å². The lowest BCUT2D eigenvalue weighted by Gasteiger charge is -2.37. The van der Waals surface area contributed by atoms with Gasteiger partial charge in [0, 0.05) is 5.41 Å². The molecule has 1 atom stereocenters. The maximum absolute atomic E-state index is 12.3. The molecule has 1 N–H and O–H groups in total. The molecule has 0 aromatic carbocycles. The average Bonchev–Trinajstić information content (AvgIpc) is 2.91. The number of allylic oxidation sites excluding steroid dienone is 23. The summed E-state index contributed by atoms with van der Waals surface area (Å²) in [6.07, 6.45) is 34.4. The van der Waals surface area contributed by atoms with Gasteiger partial charge in [-0.15, -0.1) is 0 Å². The molecule has 0 fully saturated rings. The van der Waals surface area contributed by atoms with E-state index < -0.39 is 5.41 Å². The van der Waals surface area contributed by atoms with E-state index in [9.17, 15) is 9.90 Å². The Morgan fingerprint density at radius 1 is 0.714 bits per heavy atom. The van der Waals surface area contributed by atoms with Crippen LogP contribution in [-0.4, -0.2) is 17.0 Å². The van der Waals surface area contributed by atoms with E-state index in [4.69, 9.17) is 0 Å². The quantitative estimate of drug-likeness (QED) is 0.268. The molecule has 42 heavy (non-hydrogen) atoms. The monoisotopic (exact) mass is 564 g/mol. The zero-order valence-corrected chi connectivity index (χ0v) is 27.6. The lowest BCUT2D eigenvalue weighted by molar-refractivity contribution is -0.120. The van der Waals surface area contributed by atoms with Gasteiger partial charge >= 0.3 is 0 Å². The smallest absolute Gasteiger partial charge is 0.165 e. The van der Waals surface area contributed by atoms with Crippen LogP contribution >= 0.6 is 0 Å². The van der Waals surface area contributed by atoms with Crippen LogP contribution in [0.4, 0.5) is 0 Å². The third-order valence-corrected chi connectivity index (χ3v) is 8.27. The minimum absolute atomic E-state index is 0.147. The second kappa shape index (κ2) is 15.7. The molecule has 2 aliphatic carbocycles. The maximum Gasteiger partial charge on any atom is 0.165 e. The standard InChI is InChI=1S/C40H52O2/c1-29(17-13-19-31(3)21-25-35-33(5)23-27-37(41)39(35,7)8)15-11-12-16-30(2)18-14-20-32(4)22-26-36-34(6)24-28-38(42)40(36,9)10/h11-23,25-27,38,42H,24,28H2,1-10H3/b12-11+,17-13+,18-14+,25-21+,26-22+,29-15+,30-16+,31-19+,32-20+/t38-/m1/s1. The number of carbonyl (C=O) groups is 1. The Hall–Kier alpha value is -3.49. The van der Waals surface area contributed by atoms with Crippen LogP contribution in [0.2, 0.25) is 0 Å². The molecule has 0 heterocycles. The van der Waals surface area contributed by atoms with Gasteiger partial charge in [0.1, 0.15) is 0 Å². The van der Waals surface area contributed by atoms with Crippen molar-refractivity contribution in [3.05, 3.63) is 142 Å². The van der Waals surface area contributed by atoms with E-state index >= 15 is 0 Å². The molecule has 2 heteroatoms. The molecule has 0 amide bonds. The third-order valence-electron chi connectivity index (χ3n) is 8.27. The lowest BCUT2D eigenvalue weighted by Crippen LogP contribution is -2.34. The summed E-state index contributed by atoms with van der Waals surface area (Å²) in [5.41, 5.74) is 8.78. The summed E-state index contributed by atoms with van der Waals surface area (Å²) < 4.78 is 0. The van der Waals surface area contributed by atoms with Crippen molar-refractivity contribution in [1.29, 1.82) is 0 Å². The summed E-state index contributed by atoms with van der Waals surface area (Å²) in [5, 5.41) is 10.4. The van der Waals surface area contributed by atoms with Crippen LogP contribution in [0.15, 0.2) is 142 Å². The van der Waals surface area contributed by atoms with E-state index in [2.05, 4.69) is 140 Å². The van der Waals surface area contributed by atoms with Crippen LogP contribution in [0.25, 0.3) is 0 Å². The topological polar surface area (TPSA) is 37.3 Å². The van der Waals surface area contributed by atoms with Gasteiger partial charge in [0.15, 0.2) is 5.78 Å². The number of carbonyl (C=O) groups excluding carboxylic acids is 1. The molecule has 2 aliphatic rings. The molecule has 0 saturated carbocycles. The number of ketones is 1. The van der Waals surface area contributed by atoms with E-state index in [-0.39, 0.29) is 17.3 Å². The van der Waals surface area contributed by atoms with E-state index in [0.717, 1.165) is 35.1 Å². The van der Waals surface area contributed by atoms with Gasteiger partial charge < -0.3 is 5.11 Å². The summed E-state index contributed by atoms with van der Waals surface area (Å²) in [6.45, 7) is 20.8. The number of aliphatic hydroxyl groups excluding tert-OH is 1. The SMILES string of the molecule is CC1=C(/C=C/C(C)=C/C=C/C(C)=C/C=C/C=C(C)/C=C/C=C(C)/C=C/C2=C(C)CC[C@@H](O)C2(C)C)C(C)(C)C(=O)C=C1. The summed E-state index contributed by atoms with van der Waals surface area (Å²) in [7, 11) is 0. The Labute approximate surface area is 256 Å². The van der Waals surface area contributed by atoms with E-state index in [0.29, 0.717) is 0 Å². The van der Waals surface area contributed by atoms with Crippen LogP contribution in [0.3, 0.4) is 0 Å². The first-order valence-electron chi connectivity index (χ1n) is 15.1. The molecule has 0 aliphatic heterocycles. The Morgan fingerprint density at radius 2 is 1.17 bits per heavy atom. The molecule has 2 nitrogen and oxygen atoms in total. The van der Waals surface area contributed by atoms with Gasteiger partial charge in [-0.3, -0.25) is 4.79 Å². The predicted molar refractivity (Wildman–Crippen MR) is 183 cm³/mol. The molecular formula is C40H52O2. The minimum atomic E-state index is -0.484. The molecular weight excluding hydrogens is 512 g/mol. The predicted octanol–water partition coefficient (Wildman–Crippen LogP) is 10.5. The summed E-state index contributed by atoms with van der Waals surface area (Å²) in [5.74, 6) is 0.147. The molecule has 0 unspecified atom stereocenters. The van der Waals surface area contributed by atoms with Crippen LogP contribution in [-0.2, 0) is 4.79 Å². The number of aliphatic hydroxyl groups is 1. The first-order valence-corrected chi connectivity index (χ1v) is 15.1. The van der Waals surface area contributed by atoms with Gasteiger partial charge in [0.05, 0.1) is 11.5 Å². The molecule has 0 bridgehead atoms. The highest BCUT2D eigenvalue weighted by atomic mass is 16.3. The van der Waals surface area contributed by atoms with Crippen LogP contribution in [0.5, 0.6) is 0 Å². The van der Waals surface area contributed by atoms with Crippen molar-refractivity contribution in [3.8, 4) is 0 Å². The second-order valence-corrected chi connectivity index (χ2v) is 12.8. The van der Waals surface area contributed by atoms with Crippen LogP contribution < -0.4 is 0 Å². The highest BCUT2D eigenvalue weighted by molar-refractivity contribution is 5.99. The first kappa shape index (κ1) is 34.7. The van der Waals surface area contributed by atoms with Crippen molar-refractivity contribution in [3.63, 3.8) is 0 Å². The lowest BCUT2D eigenvalue weighted by atomic mass is 9.70. The van der Waals surface area contributed by atoms with E-state index in [1.165, 1.54) is 22.3 Å². The second-order valence-electron chi connectivity index (χ2n) is 12.8. The normalized spacial score (nSPS) is 22.9. The Morgan fingerprint density at radius 3 is 1.69 bits per heavy atom. The molecule has 0 radical (unpaired) electrons. The number of rotatable bonds is 10. The van der Waals surface area contributed by atoms with E-state index in [1.807, 2.05) is 19.9 Å². The summed E-state index contributed by atoms with van der Waals surface area (Å²) in [4.78, 5) is 12.3. The molecule has 0 aromatic rings. The van der Waals surface area contributed by atoms with Gasteiger partial charge in [-0.2, -0.15) is 0 Å². The molecule has 0 spiro atoms. The summed E-state index contributed by atoms with van der Waals surface area (Å²) >= 11 is 0. The van der Waals surface area contributed by atoms with Crippen molar-refractivity contribution >= 4 is 5.78 Å². The van der Waals surface area contributed by atoms with Crippen molar-refractivity contribution < 1.29 is 9.90 Å². The molecule has 224 valence electrons. The third kappa shape index (κ3) is 10.1. The van der Waals surface area contributed by atoms with Gasteiger partial charge in [-0.25, -0.2) is 0 Å². The number of hydrogen-bond donors (Lipinski definition) is 1. The average molecular weight is 565 g/mol. The van der Waals surface area contributed by atoms with Gasteiger partial charge in [-0.05, 0) is 91.0 Å². The fraction of sp³-hybridized carbons (Fsp3) is 0.375. The zero-order valence-electron chi connectivity index (χ0n) is 27.6. The largest absolute Gasteiger partial charge is 0.392 e. The Kier molecular flexibility index (Phi) is 12.9. The fourth-order valence-electron chi connectivity index (χ4n) is 5.17. The van der Waals surface area contributed by atoms with Crippen LogP contribution in [0, 0.1) is 10.8 Å². The van der Waals surface area contributed by atoms with Crippen molar-refractivity contribution in [2.45, 2.75) is 88.2 Å². The first-order chi connectivity index (χ1) is 19.7. The fourth-order valence-corrected chi connectivity index (χ4v) is 5.17. The van der Waals surface area contributed by atoms with Crippen LogP contribution in [0.1, 0.15) is 82.1 Å². The minimum Gasteiger partial charge on any atom is -0.392 e. The van der Waals surface area contributed by atoms with Crippen molar-refractivity contribution in [1.82, 2.24) is 0 Å². The maximum atomic E-state index is 12.3. The molecule has 0 saturated heterocycles. The van der Waals surface area contributed by atoms with E-state index in [1.54, 1.807) is 6.08 Å². The van der Waals surface area contributed by atoms with Gasteiger partial charge in [0.2, 0.25) is 0 Å². The molecule has 0 aromatic heterocycles. The van der Waals surface area contributed by atoms with Gasteiger partial charge in [-0.1, -0.05) is 133 Å².